The van der Waals surface area contributed by atoms with Crippen LogP contribution in [0, 0.1) is 12.8 Å². The van der Waals surface area contributed by atoms with E-state index in [2.05, 4.69) is 8.91 Å². The Balaban J connectivity index is 2.84. The van der Waals surface area contributed by atoms with Crippen LogP contribution in [0.5, 0.6) is 0 Å². The summed E-state index contributed by atoms with van der Waals surface area (Å²) >= 11 is 0. The molecule has 0 aliphatic carbocycles. The minimum atomic E-state index is -3.65. The molecule has 136 valence electrons. The summed E-state index contributed by atoms with van der Waals surface area (Å²) in [6, 6.07) is 6.14. The van der Waals surface area contributed by atoms with E-state index in [0.29, 0.717) is 6.42 Å². The van der Waals surface area contributed by atoms with Gasteiger partial charge in [-0.15, -0.1) is 0 Å². The molecule has 1 N–H and O–H groups in total. The summed E-state index contributed by atoms with van der Waals surface area (Å²) in [5, 5.41) is 0. The van der Waals surface area contributed by atoms with Crippen LogP contribution in [0.15, 0.2) is 41.3 Å². The van der Waals surface area contributed by atoms with Crippen LogP contribution in [-0.4, -0.2) is 35.7 Å². The monoisotopic (exact) mass is 375 g/mol. The first-order valence-corrected chi connectivity index (χ1v) is 10.9. The maximum atomic E-state index is 12.5. The largest absolute Gasteiger partial charge is 0.266 e. The fraction of sp³-hybridized carbons (Fsp3) is 0.500. The van der Waals surface area contributed by atoms with Gasteiger partial charge in [0.05, 0.1) is 17.8 Å². The van der Waals surface area contributed by atoms with Crippen LogP contribution in [0.2, 0.25) is 0 Å². The van der Waals surface area contributed by atoms with Gasteiger partial charge in [0, 0.05) is 6.04 Å². The van der Waals surface area contributed by atoms with Gasteiger partial charge in [-0.1, -0.05) is 43.7 Å². The van der Waals surface area contributed by atoms with E-state index in [1.807, 2.05) is 20.8 Å². The molecule has 0 radical (unpaired) electrons. The average Bonchev–Trinajstić information content (AvgIpc) is 2.42. The van der Waals surface area contributed by atoms with Crippen molar-refractivity contribution < 1.29 is 21.0 Å². The standard InChI is InChI=1S/C16H25NO5S2/c1-13(2)12-15(6-5-11-22-23(4,18)19)17-24(20,21)16-9-7-14(3)8-10-16/h5-10,13,15,17H,11-12H2,1-4H3/b6-5+/t15-/m1/s1. The molecule has 6 nitrogen and oxygen atoms in total. The van der Waals surface area contributed by atoms with Crippen LogP contribution < -0.4 is 4.72 Å². The minimum absolute atomic E-state index is 0.125. The highest BCUT2D eigenvalue weighted by Gasteiger charge is 2.19. The average molecular weight is 376 g/mol. The number of sulfonamides is 1. The molecule has 0 saturated carbocycles. The Morgan fingerprint density at radius 1 is 1.12 bits per heavy atom. The summed E-state index contributed by atoms with van der Waals surface area (Å²) in [6.07, 6.45) is 4.68. The highest BCUT2D eigenvalue weighted by molar-refractivity contribution is 7.89. The number of hydrogen-bond acceptors (Lipinski definition) is 5. The summed E-state index contributed by atoms with van der Waals surface area (Å²) in [6.45, 7) is 5.72. The first-order chi connectivity index (χ1) is 11.0. The van der Waals surface area contributed by atoms with Crippen molar-refractivity contribution in [2.24, 2.45) is 5.92 Å². The van der Waals surface area contributed by atoms with Crippen molar-refractivity contribution >= 4 is 20.1 Å². The first-order valence-electron chi connectivity index (χ1n) is 7.59. The van der Waals surface area contributed by atoms with Crippen molar-refractivity contribution in [3.05, 3.63) is 42.0 Å². The number of hydrogen-bond donors (Lipinski definition) is 1. The van der Waals surface area contributed by atoms with E-state index in [1.54, 1.807) is 30.3 Å². The van der Waals surface area contributed by atoms with Gasteiger partial charge in [0.25, 0.3) is 10.1 Å². The number of nitrogens with one attached hydrogen (secondary N) is 1. The van der Waals surface area contributed by atoms with Gasteiger partial charge in [-0.05, 0) is 31.4 Å². The van der Waals surface area contributed by atoms with E-state index in [-0.39, 0.29) is 17.4 Å². The summed E-state index contributed by atoms with van der Waals surface area (Å²) in [7, 11) is -7.16. The SMILES string of the molecule is Cc1ccc(S(=O)(=O)N[C@H](/C=C/COS(C)(=O)=O)CC(C)C)cc1. The molecule has 0 spiro atoms. The lowest BCUT2D eigenvalue weighted by atomic mass is 10.0. The van der Waals surface area contributed by atoms with Crippen LogP contribution in [0.25, 0.3) is 0 Å². The van der Waals surface area contributed by atoms with Gasteiger partial charge in [-0.25, -0.2) is 13.1 Å². The maximum Gasteiger partial charge on any atom is 0.264 e. The molecule has 0 heterocycles. The molecule has 24 heavy (non-hydrogen) atoms. The van der Waals surface area contributed by atoms with Gasteiger partial charge in [0.1, 0.15) is 0 Å². The Bertz CT molecular complexity index is 750. The fourth-order valence-electron chi connectivity index (χ4n) is 2.04. The molecule has 0 saturated heterocycles. The smallest absolute Gasteiger partial charge is 0.264 e. The van der Waals surface area contributed by atoms with Crippen molar-refractivity contribution in [3.8, 4) is 0 Å². The topological polar surface area (TPSA) is 89.5 Å². The molecule has 8 heteroatoms. The second-order valence-corrected chi connectivity index (χ2v) is 9.45. The van der Waals surface area contributed by atoms with Crippen molar-refractivity contribution in [1.29, 1.82) is 0 Å². The van der Waals surface area contributed by atoms with E-state index in [9.17, 15) is 16.8 Å². The molecule has 1 atom stereocenters. The lowest BCUT2D eigenvalue weighted by molar-refractivity contribution is 0.360. The zero-order valence-corrected chi connectivity index (χ0v) is 16.0. The summed E-state index contributed by atoms with van der Waals surface area (Å²) < 4.78 is 54.0. The molecular weight excluding hydrogens is 350 g/mol. The van der Waals surface area contributed by atoms with Gasteiger partial charge in [0.2, 0.25) is 10.0 Å². The molecule has 0 aliphatic heterocycles. The second-order valence-electron chi connectivity index (χ2n) is 6.09. The molecule has 0 amide bonds. The molecule has 1 aromatic rings. The number of aryl methyl sites for hydroxylation is 1. The molecule has 0 bridgehead atoms. The van der Waals surface area contributed by atoms with Crippen LogP contribution in [-0.2, 0) is 24.3 Å². The molecule has 0 aromatic heterocycles. The Kier molecular flexibility index (Phi) is 7.59. The Labute approximate surface area is 145 Å². The van der Waals surface area contributed by atoms with Crippen LogP contribution in [0.1, 0.15) is 25.8 Å². The Morgan fingerprint density at radius 2 is 1.71 bits per heavy atom. The Morgan fingerprint density at radius 3 is 2.21 bits per heavy atom. The van der Waals surface area contributed by atoms with E-state index in [4.69, 9.17) is 0 Å². The highest BCUT2D eigenvalue weighted by atomic mass is 32.2. The van der Waals surface area contributed by atoms with Gasteiger partial charge < -0.3 is 0 Å². The normalized spacial score (nSPS) is 14.4. The van der Waals surface area contributed by atoms with E-state index in [1.165, 1.54) is 6.08 Å². The first kappa shape index (κ1) is 20.8. The van der Waals surface area contributed by atoms with Gasteiger partial charge in [-0.2, -0.15) is 8.42 Å². The molecule has 1 rings (SSSR count). The van der Waals surface area contributed by atoms with Crippen LogP contribution >= 0.6 is 0 Å². The van der Waals surface area contributed by atoms with Crippen LogP contribution in [0.4, 0.5) is 0 Å². The maximum absolute atomic E-state index is 12.5. The predicted molar refractivity (Wildman–Crippen MR) is 94.7 cm³/mol. The number of rotatable bonds is 9. The van der Waals surface area contributed by atoms with Gasteiger partial charge >= 0.3 is 0 Å². The molecular formula is C16H25NO5S2. The molecule has 0 aliphatic rings. The number of benzene rings is 1. The second kappa shape index (κ2) is 8.75. The van der Waals surface area contributed by atoms with Crippen molar-refractivity contribution in [1.82, 2.24) is 4.72 Å². The predicted octanol–water partition coefficient (Wildman–Crippen LogP) is 2.22. The fourth-order valence-corrected chi connectivity index (χ4v) is 3.57. The van der Waals surface area contributed by atoms with Crippen LogP contribution in [0.3, 0.4) is 0 Å². The third-order valence-electron chi connectivity index (χ3n) is 3.11. The summed E-state index contributed by atoms with van der Waals surface area (Å²) in [4.78, 5) is 0.197. The van der Waals surface area contributed by atoms with E-state index < -0.39 is 26.2 Å². The summed E-state index contributed by atoms with van der Waals surface area (Å²) in [5.41, 5.74) is 0.977. The van der Waals surface area contributed by atoms with E-state index >= 15 is 0 Å². The van der Waals surface area contributed by atoms with Crippen molar-refractivity contribution in [2.75, 3.05) is 12.9 Å². The third kappa shape index (κ3) is 8.05. The molecule has 0 unspecified atom stereocenters. The van der Waals surface area contributed by atoms with Crippen molar-refractivity contribution in [3.63, 3.8) is 0 Å². The Hall–Kier alpha value is -1.22. The van der Waals surface area contributed by atoms with Gasteiger partial charge in [-0.3, -0.25) is 4.18 Å². The molecule has 1 aromatic carbocycles. The zero-order chi connectivity index (χ0) is 18.4. The summed E-state index contributed by atoms with van der Waals surface area (Å²) in [5.74, 6) is 0.260. The zero-order valence-electron chi connectivity index (χ0n) is 14.4. The van der Waals surface area contributed by atoms with Gasteiger partial charge in [0.15, 0.2) is 0 Å². The van der Waals surface area contributed by atoms with Crippen molar-refractivity contribution in [2.45, 2.75) is 38.1 Å². The lowest BCUT2D eigenvalue weighted by Crippen LogP contribution is -2.34. The van der Waals surface area contributed by atoms with E-state index in [0.717, 1.165) is 11.8 Å². The lowest BCUT2D eigenvalue weighted by Gasteiger charge is -2.17. The minimum Gasteiger partial charge on any atom is -0.266 e. The quantitative estimate of drug-likeness (QED) is 0.528. The molecule has 0 fully saturated rings. The highest BCUT2D eigenvalue weighted by Crippen LogP contribution is 2.14. The third-order valence-corrected chi connectivity index (χ3v) is 5.18.